The van der Waals surface area contributed by atoms with Gasteiger partial charge in [0.25, 0.3) is 10.0 Å². The Morgan fingerprint density at radius 3 is 2.27 bits per heavy atom. The lowest BCUT2D eigenvalue weighted by Gasteiger charge is -2.42. The molecule has 0 spiro atoms. The maximum atomic E-state index is 13.0. The molecular formula is C35H37ClN2O6S. The van der Waals surface area contributed by atoms with Crippen LogP contribution in [0, 0.1) is 0 Å². The number of aliphatic hydroxyl groups excluding tert-OH is 1. The topological polar surface area (TPSA) is 108 Å². The molecule has 236 valence electrons. The van der Waals surface area contributed by atoms with Gasteiger partial charge in [0.2, 0.25) is 0 Å². The summed E-state index contributed by atoms with van der Waals surface area (Å²) in [4.78, 5) is 2.49. The fourth-order valence-corrected chi connectivity index (χ4v) is 7.23. The van der Waals surface area contributed by atoms with Gasteiger partial charge in [0.15, 0.2) is 6.29 Å². The minimum absolute atomic E-state index is 0.0385. The van der Waals surface area contributed by atoms with E-state index in [4.69, 9.17) is 21.1 Å². The molecule has 2 saturated heterocycles. The molecule has 2 aliphatic heterocycles. The van der Waals surface area contributed by atoms with E-state index >= 15 is 0 Å². The van der Waals surface area contributed by atoms with Gasteiger partial charge < -0.3 is 24.6 Å². The van der Waals surface area contributed by atoms with Crippen LogP contribution in [0.3, 0.4) is 0 Å². The lowest BCUT2D eigenvalue weighted by molar-refractivity contribution is -0.253. The van der Waals surface area contributed by atoms with E-state index in [0.29, 0.717) is 55.2 Å². The number of ether oxygens (including phenoxy) is 2. The highest BCUT2D eigenvalue weighted by molar-refractivity contribution is 7.92. The summed E-state index contributed by atoms with van der Waals surface area (Å²) in [5, 5.41) is 21.5. The number of anilines is 1. The highest BCUT2D eigenvalue weighted by Gasteiger charge is 2.37. The second-order valence-corrected chi connectivity index (χ2v) is 13.9. The van der Waals surface area contributed by atoms with Crippen molar-refractivity contribution in [3.05, 3.63) is 130 Å². The van der Waals surface area contributed by atoms with Crippen LogP contribution in [0.1, 0.15) is 53.9 Å². The SMILES string of the molecule is O=S(=O)(Nc1cccc([C@H]2O[C@@H](CN3CCC(O)(c4ccc(Cl)cc4)CC3)C[C@@H](c3ccc(CO)cc3)O2)c1)c1ccccc1. The van der Waals surface area contributed by atoms with E-state index in [0.717, 1.165) is 16.7 Å². The second-order valence-electron chi connectivity index (χ2n) is 11.7. The second kappa shape index (κ2) is 13.6. The predicted molar refractivity (Wildman–Crippen MR) is 173 cm³/mol. The summed E-state index contributed by atoms with van der Waals surface area (Å²) in [5.41, 5.74) is 2.88. The molecule has 45 heavy (non-hydrogen) atoms. The quantitative estimate of drug-likeness (QED) is 0.199. The third-order valence-corrected chi connectivity index (χ3v) is 10.3. The van der Waals surface area contributed by atoms with Gasteiger partial charge in [-0.2, -0.15) is 0 Å². The Labute approximate surface area is 269 Å². The van der Waals surface area contributed by atoms with Crippen molar-refractivity contribution in [1.29, 1.82) is 0 Å². The van der Waals surface area contributed by atoms with Crippen LogP contribution in [0.2, 0.25) is 5.02 Å². The molecule has 6 rings (SSSR count). The Morgan fingerprint density at radius 1 is 0.867 bits per heavy atom. The van der Waals surface area contributed by atoms with Crippen LogP contribution in [-0.4, -0.2) is 49.3 Å². The average Bonchev–Trinajstić information content (AvgIpc) is 3.06. The number of nitrogens with zero attached hydrogens (tertiary/aromatic N) is 1. The molecule has 2 fully saturated rings. The number of aliphatic hydroxyl groups is 2. The van der Waals surface area contributed by atoms with Gasteiger partial charge in [-0.15, -0.1) is 0 Å². The van der Waals surface area contributed by atoms with E-state index in [1.54, 1.807) is 48.5 Å². The minimum atomic E-state index is -3.77. The molecule has 3 N–H and O–H groups in total. The summed E-state index contributed by atoms with van der Waals surface area (Å²) < 4.78 is 41.7. The van der Waals surface area contributed by atoms with Crippen LogP contribution >= 0.6 is 11.6 Å². The number of sulfonamides is 1. The van der Waals surface area contributed by atoms with Gasteiger partial charge in [-0.25, -0.2) is 8.42 Å². The number of halogens is 1. The molecule has 2 heterocycles. The van der Waals surface area contributed by atoms with Crippen LogP contribution in [0.4, 0.5) is 5.69 Å². The number of nitrogens with one attached hydrogen (secondary N) is 1. The van der Waals surface area contributed by atoms with Crippen molar-refractivity contribution >= 4 is 27.3 Å². The molecule has 0 saturated carbocycles. The highest BCUT2D eigenvalue weighted by atomic mass is 35.5. The zero-order valence-electron chi connectivity index (χ0n) is 24.8. The number of piperidine rings is 1. The Morgan fingerprint density at radius 2 is 1.58 bits per heavy atom. The first kappa shape index (κ1) is 31.7. The maximum absolute atomic E-state index is 13.0. The standard InChI is InChI=1S/C35H37ClN2O6S/c36-29-15-13-28(14-16-29)35(40)17-19-38(20-18-35)23-31-22-33(26-11-9-25(24-39)10-12-26)44-34(43-31)27-5-4-6-30(21-27)37-45(41,42)32-7-2-1-3-8-32/h1-16,21,31,33-34,37,39-40H,17-20,22-24H2/t31-,33+,34+/m1/s1. The molecular weight excluding hydrogens is 612 g/mol. The minimum Gasteiger partial charge on any atom is -0.392 e. The molecule has 0 aliphatic carbocycles. The van der Waals surface area contributed by atoms with Crippen molar-refractivity contribution < 1.29 is 28.1 Å². The zero-order chi connectivity index (χ0) is 31.4. The Bertz CT molecular complexity index is 1680. The van der Waals surface area contributed by atoms with Crippen molar-refractivity contribution in [2.75, 3.05) is 24.4 Å². The first-order valence-electron chi connectivity index (χ1n) is 15.1. The molecule has 2 aliphatic rings. The van der Waals surface area contributed by atoms with Crippen LogP contribution in [0.25, 0.3) is 0 Å². The van der Waals surface area contributed by atoms with Gasteiger partial charge in [-0.3, -0.25) is 4.72 Å². The molecule has 3 atom stereocenters. The molecule has 0 radical (unpaired) electrons. The lowest BCUT2D eigenvalue weighted by Crippen LogP contribution is -2.46. The van der Waals surface area contributed by atoms with E-state index in [1.807, 2.05) is 54.6 Å². The lowest BCUT2D eigenvalue weighted by atomic mass is 9.84. The van der Waals surface area contributed by atoms with Crippen molar-refractivity contribution in [2.24, 2.45) is 0 Å². The molecule has 4 aromatic carbocycles. The summed E-state index contributed by atoms with van der Waals surface area (Å²) in [5.74, 6) is 0. The van der Waals surface area contributed by atoms with Crippen molar-refractivity contribution in [2.45, 2.75) is 54.9 Å². The number of likely N-dealkylation sites (tertiary alicyclic amines) is 1. The molecule has 0 bridgehead atoms. The van der Waals surface area contributed by atoms with Gasteiger partial charge >= 0.3 is 0 Å². The first-order chi connectivity index (χ1) is 21.7. The zero-order valence-corrected chi connectivity index (χ0v) is 26.3. The summed E-state index contributed by atoms with van der Waals surface area (Å²) in [6, 6.07) is 30.4. The fraction of sp³-hybridized carbons (Fsp3) is 0.314. The number of rotatable bonds is 9. The number of benzene rings is 4. The molecule has 0 unspecified atom stereocenters. The van der Waals surface area contributed by atoms with Crippen molar-refractivity contribution in [3.63, 3.8) is 0 Å². The van der Waals surface area contributed by atoms with Gasteiger partial charge in [-0.1, -0.05) is 78.3 Å². The summed E-state index contributed by atoms with van der Waals surface area (Å²) >= 11 is 6.06. The summed E-state index contributed by atoms with van der Waals surface area (Å²) in [7, 11) is -3.77. The summed E-state index contributed by atoms with van der Waals surface area (Å²) in [6.45, 7) is 2.03. The normalized spacial score (nSPS) is 22.2. The van der Waals surface area contributed by atoms with Crippen LogP contribution in [0.5, 0.6) is 0 Å². The predicted octanol–water partition coefficient (Wildman–Crippen LogP) is 6.16. The van der Waals surface area contributed by atoms with Crippen LogP contribution in [-0.2, 0) is 31.7 Å². The van der Waals surface area contributed by atoms with Crippen molar-refractivity contribution in [3.8, 4) is 0 Å². The largest absolute Gasteiger partial charge is 0.392 e. The maximum Gasteiger partial charge on any atom is 0.261 e. The molecule has 0 amide bonds. The van der Waals surface area contributed by atoms with Gasteiger partial charge in [-0.05, 0) is 65.9 Å². The van der Waals surface area contributed by atoms with Gasteiger partial charge in [0.05, 0.1) is 29.3 Å². The Hall–Kier alpha value is -3.28. The van der Waals surface area contributed by atoms with E-state index < -0.39 is 21.9 Å². The molecule has 0 aromatic heterocycles. The Kier molecular flexibility index (Phi) is 9.58. The van der Waals surface area contributed by atoms with E-state index in [9.17, 15) is 18.6 Å². The third kappa shape index (κ3) is 7.58. The first-order valence-corrected chi connectivity index (χ1v) is 17.0. The van der Waals surface area contributed by atoms with Gasteiger partial charge in [0.1, 0.15) is 0 Å². The Balaban J connectivity index is 1.19. The van der Waals surface area contributed by atoms with Crippen molar-refractivity contribution in [1.82, 2.24) is 4.90 Å². The number of hydrogen-bond donors (Lipinski definition) is 3. The molecule has 10 heteroatoms. The van der Waals surface area contributed by atoms with Crippen LogP contribution < -0.4 is 4.72 Å². The number of hydrogen-bond acceptors (Lipinski definition) is 7. The molecule has 8 nitrogen and oxygen atoms in total. The van der Waals surface area contributed by atoms with Crippen LogP contribution in [0.15, 0.2) is 108 Å². The van der Waals surface area contributed by atoms with E-state index in [2.05, 4.69) is 9.62 Å². The van der Waals surface area contributed by atoms with Gasteiger partial charge in [0, 0.05) is 42.3 Å². The highest BCUT2D eigenvalue weighted by Crippen LogP contribution is 2.40. The summed E-state index contributed by atoms with van der Waals surface area (Å²) in [6.07, 6.45) is 0.615. The fourth-order valence-electron chi connectivity index (χ4n) is 6.04. The third-order valence-electron chi connectivity index (χ3n) is 8.61. The monoisotopic (exact) mass is 648 g/mol. The smallest absolute Gasteiger partial charge is 0.261 e. The average molecular weight is 649 g/mol. The van der Waals surface area contributed by atoms with E-state index in [-0.39, 0.29) is 23.7 Å². The molecule has 4 aromatic rings. The van der Waals surface area contributed by atoms with E-state index in [1.165, 1.54) is 0 Å².